The maximum atomic E-state index is 14.2. The summed E-state index contributed by atoms with van der Waals surface area (Å²) in [6.45, 7) is 0. The second-order valence-electron chi connectivity index (χ2n) is 12.2. The second-order valence-corrected chi connectivity index (χ2v) is 12.2. The van der Waals surface area contributed by atoms with Crippen molar-refractivity contribution in [3.63, 3.8) is 0 Å². The lowest BCUT2D eigenvalue weighted by Crippen LogP contribution is -2.75. The van der Waals surface area contributed by atoms with E-state index in [1.165, 1.54) is 0 Å². The molecule has 0 aromatic heterocycles. The number of rotatable bonds is 4. The molecule has 0 atom stereocenters. The summed E-state index contributed by atoms with van der Waals surface area (Å²) in [6.07, 6.45) is -54.8. The number of quaternary nitrogens is 1. The molecule has 0 aliphatic rings. The summed E-state index contributed by atoms with van der Waals surface area (Å²) in [5.41, 5.74) is -27.0. The molecule has 0 fully saturated rings. The van der Waals surface area contributed by atoms with E-state index in [0.717, 1.165) is 0 Å². The van der Waals surface area contributed by atoms with Gasteiger partial charge in [-0.2, -0.15) is 127 Å². The van der Waals surface area contributed by atoms with E-state index in [2.05, 4.69) is 5.73 Å². The fourth-order valence-electron chi connectivity index (χ4n) is 6.07. The molecule has 0 saturated heterocycles. The van der Waals surface area contributed by atoms with Gasteiger partial charge in [0, 0.05) is 0 Å². The summed E-state index contributed by atoms with van der Waals surface area (Å²) in [5.74, 6) is 0. The first-order valence-electron chi connectivity index (χ1n) is 15.3. The highest BCUT2D eigenvalue weighted by molar-refractivity contribution is 7.20. The van der Waals surface area contributed by atoms with Crippen molar-refractivity contribution in [3.8, 4) is 0 Å². The average molecular weight is 895 g/mol. The van der Waals surface area contributed by atoms with Crippen LogP contribution in [0.25, 0.3) is 0 Å². The molecule has 0 radical (unpaired) electrons. The van der Waals surface area contributed by atoms with Gasteiger partial charge in [-0.15, -0.1) is 0 Å². The first-order chi connectivity index (χ1) is 26.3. The van der Waals surface area contributed by atoms with Crippen LogP contribution in [0.4, 0.5) is 105 Å². The van der Waals surface area contributed by atoms with Gasteiger partial charge in [0.25, 0.3) is 0 Å². The smallest absolute Gasteiger partial charge is 0.360 e. The van der Waals surface area contributed by atoms with E-state index in [1.807, 2.05) is 0 Å². The first kappa shape index (κ1) is 48.6. The topological polar surface area (TPSA) is 27.6 Å². The molecule has 326 valence electrons. The predicted octanol–water partition coefficient (Wildman–Crippen LogP) is 10.1. The van der Waals surface area contributed by atoms with Crippen LogP contribution in [-0.4, -0.2) is 13.2 Å². The van der Waals surface area contributed by atoms with Crippen LogP contribution in [0, 0.1) is 0 Å². The Balaban J connectivity index is 0.00000458. The summed E-state index contributed by atoms with van der Waals surface area (Å²) in [7, 11) is 1.75. The molecule has 0 amide bonds. The van der Waals surface area contributed by atoms with Crippen molar-refractivity contribution in [1.29, 1.82) is 0 Å². The summed E-state index contributed by atoms with van der Waals surface area (Å²) in [5, 5.41) is 0. The first-order valence-corrected chi connectivity index (χ1v) is 15.3. The van der Waals surface area contributed by atoms with E-state index >= 15 is 0 Å². The fourth-order valence-corrected chi connectivity index (χ4v) is 6.07. The molecule has 1 nitrogen and oxygen atoms in total. The summed E-state index contributed by atoms with van der Waals surface area (Å²) >= 11 is 0. The highest BCUT2D eigenvalue weighted by Crippen LogP contribution is 2.41. The normalized spacial score (nSPS) is 13.9. The molecule has 0 aliphatic carbocycles. The lowest BCUT2D eigenvalue weighted by Gasteiger charge is -2.46. The molecule has 0 saturated carbocycles. The van der Waals surface area contributed by atoms with Crippen molar-refractivity contribution in [2.75, 3.05) is 7.05 Å². The van der Waals surface area contributed by atoms with Gasteiger partial charge in [-0.25, -0.2) is 0 Å². The van der Waals surface area contributed by atoms with Crippen LogP contribution in [-0.2, 0) is 49.4 Å². The standard InChI is InChI=1S/C32H12BF24.CH5N/c34-25(35,36)13-1-14(26(37,38)39)6-21(5-13)33(22-7-15(27(40,41)42)2-16(8-22)28(43,44)45,23-9-17(29(46,47)48)3-18(10-23)30(49,50)51)24-11-19(31(52,53)54)4-20(12-24)32(55,56)57;1-2/h1-12H;2H2,1H3/q-1;/p+1. The third-order valence-electron chi connectivity index (χ3n) is 8.44. The quantitative estimate of drug-likeness (QED) is 0.156. The van der Waals surface area contributed by atoms with E-state index < -0.39 is 195 Å². The van der Waals surface area contributed by atoms with Gasteiger partial charge in [-0.3, -0.25) is 0 Å². The molecule has 0 unspecified atom stereocenters. The zero-order valence-electron chi connectivity index (χ0n) is 28.3. The Labute approximate surface area is 313 Å². The van der Waals surface area contributed by atoms with E-state index in [0.29, 0.717) is 0 Å². The molecule has 0 aliphatic heterocycles. The minimum atomic E-state index is -6.13. The lowest BCUT2D eigenvalue weighted by molar-refractivity contribution is -0.325. The largest absolute Gasteiger partial charge is 0.416 e. The number of hydrogen-bond donors (Lipinski definition) is 1. The molecule has 26 heteroatoms. The zero-order chi connectivity index (χ0) is 45.9. The van der Waals surface area contributed by atoms with Crippen LogP contribution in [0.5, 0.6) is 0 Å². The van der Waals surface area contributed by atoms with E-state index in [9.17, 15) is 105 Å². The number of benzene rings is 4. The maximum absolute atomic E-state index is 14.2. The molecule has 0 heterocycles. The minimum Gasteiger partial charge on any atom is -0.360 e. The van der Waals surface area contributed by atoms with Crippen molar-refractivity contribution in [1.82, 2.24) is 0 Å². The third kappa shape index (κ3) is 10.5. The monoisotopic (exact) mass is 895 g/mol. The van der Waals surface area contributed by atoms with Gasteiger partial charge in [0.2, 0.25) is 0 Å². The van der Waals surface area contributed by atoms with Gasteiger partial charge in [0.1, 0.15) is 6.15 Å². The summed E-state index contributed by atoms with van der Waals surface area (Å²) < 4.78 is 341. The molecule has 59 heavy (non-hydrogen) atoms. The van der Waals surface area contributed by atoms with Crippen molar-refractivity contribution in [2.24, 2.45) is 0 Å². The van der Waals surface area contributed by atoms with Crippen LogP contribution in [0.1, 0.15) is 44.5 Å². The maximum Gasteiger partial charge on any atom is 0.416 e. The number of alkyl halides is 24. The Morgan fingerprint density at radius 3 is 0.424 bits per heavy atom. The van der Waals surface area contributed by atoms with Gasteiger partial charge >= 0.3 is 49.4 Å². The molecular weight excluding hydrogens is 877 g/mol. The fraction of sp³-hybridized carbons (Fsp3) is 0.273. The Morgan fingerprint density at radius 2 is 0.339 bits per heavy atom. The van der Waals surface area contributed by atoms with Crippen molar-refractivity contribution in [2.45, 2.75) is 49.4 Å². The lowest BCUT2D eigenvalue weighted by atomic mass is 9.12. The summed E-state index contributed by atoms with van der Waals surface area (Å²) in [4.78, 5) is 0. The minimum absolute atomic E-state index is 0.691. The van der Waals surface area contributed by atoms with Crippen molar-refractivity contribution >= 4 is 28.0 Å². The molecule has 4 aromatic rings. The van der Waals surface area contributed by atoms with E-state index in [4.69, 9.17) is 0 Å². The molecule has 3 N–H and O–H groups in total. The van der Waals surface area contributed by atoms with Crippen LogP contribution >= 0.6 is 0 Å². The van der Waals surface area contributed by atoms with Crippen molar-refractivity contribution in [3.05, 3.63) is 117 Å². The van der Waals surface area contributed by atoms with Crippen LogP contribution < -0.4 is 27.6 Å². The van der Waals surface area contributed by atoms with Gasteiger partial charge in [-0.05, 0) is 24.3 Å². The van der Waals surface area contributed by atoms with Gasteiger partial charge < -0.3 is 5.73 Å². The number of halogens is 24. The summed E-state index contributed by atoms with van der Waals surface area (Å²) in [6, 6.07) is -8.81. The van der Waals surface area contributed by atoms with Crippen LogP contribution in [0.3, 0.4) is 0 Å². The highest BCUT2D eigenvalue weighted by atomic mass is 19.4. The molecule has 0 bridgehead atoms. The zero-order valence-corrected chi connectivity index (χ0v) is 28.3. The van der Waals surface area contributed by atoms with Gasteiger partial charge in [-0.1, -0.05) is 48.5 Å². The van der Waals surface area contributed by atoms with Crippen molar-refractivity contribution < 1.29 is 111 Å². The van der Waals surface area contributed by atoms with Crippen LogP contribution in [0.15, 0.2) is 72.8 Å². The molecule has 4 aromatic carbocycles. The Bertz CT molecular complexity index is 1710. The Morgan fingerprint density at radius 1 is 0.237 bits per heavy atom. The SMILES string of the molecule is C[NH3+].FC(F)(F)c1cc([B-](c2cc(C(F)(F)F)cc(C(F)(F)F)c2)(c2cc(C(F)(F)F)cc(C(F)(F)F)c2)c2cc(C(F)(F)F)cc(C(F)(F)F)c2)cc(C(F)(F)F)c1. The molecular formula is C33H18BF24N. The molecule has 4 rings (SSSR count). The van der Waals surface area contributed by atoms with E-state index in [1.54, 1.807) is 7.05 Å². The predicted molar refractivity (Wildman–Crippen MR) is 159 cm³/mol. The second kappa shape index (κ2) is 15.4. The Kier molecular flexibility index (Phi) is 12.6. The van der Waals surface area contributed by atoms with Gasteiger partial charge in [0.15, 0.2) is 0 Å². The van der Waals surface area contributed by atoms with Gasteiger partial charge in [0.05, 0.1) is 51.6 Å². The third-order valence-corrected chi connectivity index (χ3v) is 8.44. The van der Waals surface area contributed by atoms with Crippen LogP contribution in [0.2, 0.25) is 0 Å². The number of hydrogen-bond acceptors (Lipinski definition) is 0. The Hall–Kier alpha value is -4.78. The van der Waals surface area contributed by atoms with E-state index in [-0.39, 0.29) is 0 Å². The average Bonchev–Trinajstić information content (AvgIpc) is 3.06. The highest BCUT2D eigenvalue weighted by Gasteiger charge is 2.47. The molecule has 0 spiro atoms.